The zero-order chi connectivity index (χ0) is 29.3. The Morgan fingerprint density at radius 3 is 2.61 bits per heavy atom. The molecule has 2 aliphatic rings. The van der Waals surface area contributed by atoms with E-state index in [1.54, 1.807) is 47.9 Å². The molecule has 2 N–H and O–H groups in total. The van der Waals surface area contributed by atoms with Crippen LogP contribution < -0.4 is 15.5 Å². The number of rotatable bonds is 9. The Morgan fingerprint density at radius 2 is 1.90 bits per heavy atom. The Morgan fingerprint density at radius 1 is 1.15 bits per heavy atom. The van der Waals surface area contributed by atoms with Gasteiger partial charge in [-0.05, 0) is 38.1 Å². The predicted octanol–water partition coefficient (Wildman–Crippen LogP) is 1.70. The molecule has 2 aliphatic heterocycles. The van der Waals surface area contributed by atoms with Gasteiger partial charge in [-0.1, -0.05) is 18.2 Å². The fourth-order valence-corrected chi connectivity index (χ4v) is 5.98. The van der Waals surface area contributed by atoms with Gasteiger partial charge >= 0.3 is 11.9 Å². The number of carbonyl (C=O) groups is 4. The number of thioether (sulfide) groups is 1. The second-order valence-corrected chi connectivity index (χ2v) is 10.5. The summed E-state index contributed by atoms with van der Waals surface area (Å²) in [7, 11) is 0. The van der Waals surface area contributed by atoms with E-state index in [2.05, 4.69) is 10.3 Å². The highest BCUT2D eigenvalue weighted by atomic mass is 32.2. The lowest BCUT2D eigenvalue weighted by molar-refractivity contribution is -0.151. The highest BCUT2D eigenvalue weighted by Crippen LogP contribution is 2.40. The maximum Gasteiger partial charge on any atom is 0.352 e. The maximum absolute atomic E-state index is 13.0. The molecule has 1 fully saturated rings. The number of hydrogen-bond acceptors (Lipinski definition) is 9. The monoisotopic (exact) mass is 578 g/mol. The molecule has 12 nitrogen and oxygen atoms in total. The molecule has 0 unspecified atom stereocenters. The number of carbonyl (C=O) groups excluding carboxylic acids is 3. The van der Waals surface area contributed by atoms with Gasteiger partial charge in [-0.2, -0.15) is 0 Å². The number of esters is 1. The smallest absolute Gasteiger partial charge is 0.352 e. The first kappa shape index (κ1) is 27.9. The van der Waals surface area contributed by atoms with Crippen molar-refractivity contribution >= 4 is 46.5 Å². The van der Waals surface area contributed by atoms with Crippen LogP contribution in [0.5, 0.6) is 5.75 Å². The van der Waals surface area contributed by atoms with Gasteiger partial charge in [-0.25, -0.2) is 14.6 Å². The number of nitrogens with zero attached hydrogens (tertiary/aromatic N) is 3. The van der Waals surface area contributed by atoms with Gasteiger partial charge in [-0.3, -0.25) is 19.3 Å². The molecule has 5 rings (SSSR count). The van der Waals surface area contributed by atoms with E-state index < -0.39 is 47.2 Å². The Balaban J connectivity index is 1.28. The second kappa shape index (κ2) is 11.5. The van der Waals surface area contributed by atoms with Gasteiger partial charge in [0.05, 0.1) is 5.39 Å². The minimum atomic E-state index is -1.37. The van der Waals surface area contributed by atoms with Crippen LogP contribution in [0.25, 0.3) is 11.0 Å². The molecule has 0 spiro atoms. The fourth-order valence-electron chi connectivity index (χ4n) is 4.65. The largest absolute Gasteiger partial charge is 0.484 e. The summed E-state index contributed by atoms with van der Waals surface area (Å²) in [4.78, 5) is 68.8. The molecule has 212 valence electrons. The van der Waals surface area contributed by atoms with Crippen LogP contribution >= 0.6 is 11.8 Å². The predicted molar refractivity (Wildman–Crippen MR) is 148 cm³/mol. The summed E-state index contributed by atoms with van der Waals surface area (Å²) in [6.07, 6.45) is 1.38. The topological polar surface area (TPSA) is 157 Å². The third-order valence-corrected chi connectivity index (χ3v) is 8.02. The molecule has 0 saturated carbocycles. The van der Waals surface area contributed by atoms with Crippen LogP contribution in [0.15, 0.2) is 64.7 Å². The number of benzene rings is 1. The summed E-state index contributed by atoms with van der Waals surface area (Å²) >= 11 is 1.23. The van der Waals surface area contributed by atoms with Gasteiger partial charge in [0.25, 0.3) is 11.8 Å². The number of carboxylic acids is 1. The van der Waals surface area contributed by atoms with E-state index in [9.17, 15) is 29.1 Å². The van der Waals surface area contributed by atoms with E-state index in [-0.39, 0.29) is 34.6 Å². The quantitative estimate of drug-likeness (QED) is 0.283. The van der Waals surface area contributed by atoms with Crippen LogP contribution in [0, 0.1) is 6.92 Å². The molecule has 41 heavy (non-hydrogen) atoms. The number of aryl methyl sites for hydroxylation is 2. The third kappa shape index (κ3) is 5.40. The van der Waals surface area contributed by atoms with Gasteiger partial charge in [-0.15, -0.1) is 11.8 Å². The van der Waals surface area contributed by atoms with Crippen molar-refractivity contribution in [1.82, 2.24) is 19.8 Å². The lowest BCUT2D eigenvalue weighted by Crippen LogP contribution is -2.71. The van der Waals surface area contributed by atoms with Crippen molar-refractivity contribution in [3.8, 4) is 5.75 Å². The van der Waals surface area contributed by atoms with Crippen LogP contribution in [0.1, 0.15) is 23.0 Å². The minimum absolute atomic E-state index is 0.135. The molecule has 1 saturated heterocycles. The van der Waals surface area contributed by atoms with Crippen LogP contribution in [0.2, 0.25) is 0 Å². The van der Waals surface area contributed by atoms with Crippen molar-refractivity contribution in [3.05, 3.63) is 81.4 Å². The summed E-state index contributed by atoms with van der Waals surface area (Å²) in [5.41, 5.74) is 0.320. The van der Waals surface area contributed by atoms with Crippen molar-refractivity contribution in [3.63, 3.8) is 0 Å². The number of amides is 2. The summed E-state index contributed by atoms with van der Waals surface area (Å²) in [6.45, 7) is 3.36. The molecule has 0 bridgehead atoms. The number of hydrogen-bond donors (Lipinski definition) is 2. The summed E-state index contributed by atoms with van der Waals surface area (Å²) < 4.78 is 12.5. The normalized spacial score (nSPS) is 18.0. The molecular formula is C28H26N4O8S. The molecule has 2 aromatic heterocycles. The number of aliphatic carboxylic acids is 1. The maximum atomic E-state index is 13.0. The first-order valence-corrected chi connectivity index (χ1v) is 13.8. The van der Waals surface area contributed by atoms with Crippen molar-refractivity contribution in [2.75, 3.05) is 19.0 Å². The van der Waals surface area contributed by atoms with Crippen LogP contribution in [0.3, 0.4) is 0 Å². The highest BCUT2D eigenvalue weighted by molar-refractivity contribution is 8.00. The van der Waals surface area contributed by atoms with E-state index in [1.807, 2.05) is 13.0 Å². The number of para-hydroxylation sites is 1. The Bertz CT molecular complexity index is 1650. The zero-order valence-electron chi connectivity index (χ0n) is 22.2. The van der Waals surface area contributed by atoms with E-state index in [0.29, 0.717) is 17.9 Å². The number of pyridine rings is 2. The van der Waals surface area contributed by atoms with E-state index >= 15 is 0 Å². The molecule has 4 heterocycles. The molecule has 0 radical (unpaired) electrons. The molecule has 1 aromatic carbocycles. The Kier molecular flexibility index (Phi) is 7.79. The van der Waals surface area contributed by atoms with Gasteiger partial charge in [0, 0.05) is 29.8 Å². The molecule has 2 amide bonds. The summed E-state index contributed by atoms with van der Waals surface area (Å²) in [5, 5.41) is 12.1. The van der Waals surface area contributed by atoms with E-state index in [4.69, 9.17) is 9.47 Å². The second-order valence-electron chi connectivity index (χ2n) is 9.37. The van der Waals surface area contributed by atoms with Gasteiger partial charge in [0.1, 0.15) is 40.7 Å². The third-order valence-electron chi connectivity index (χ3n) is 6.68. The number of ether oxygens (including phenoxy) is 2. The number of carboxylic acid groups (broad SMARTS) is 1. The number of nitrogens with one attached hydrogen (secondary N) is 1. The lowest BCUT2D eigenvalue weighted by atomic mass is 10.0. The van der Waals surface area contributed by atoms with Crippen LogP contribution in [-0.2, 0) is 25.7 Å². The van der Waals surface area contributed by atoms with E-state index in [1.165, 1.54) is 18.0 Å². The number of fused-ring (bicyclic) bond motifs is 2. The Hall–Kier alpha value is -4.65. The lowest BCUT2D eigenvalue weighted by Gasteiger charge is -2.49. The van der Waals surface area contributed by atoms with Gasteiger partial charge in [0.15, 0.2) is 6.61 Å². The van der Waals surface area contributed by atoms with Crippen molar-refractivity contribution in [1.29, 1.82) is 0 Å². The zero-order valence-corrected chi connectivity index (χ0v) is 23.0. The average molecular weight is 579 g/mol. The van der Waals surface area contributed by atoms with E-state index in [0.717, 1.165) is 10.6 Å². The average Bonchev–Trinajstić information content (AvgIpc) is 2.97. The number of β-lactam (4-membered cyclic amide) rings is 1. The summed E-state index contributed by atoms with van der Waals surface area (Å²) in [6, 6.07) is 11.1. The van der Waals surface area contributed by atoms with Gasteiger partial charge in [0.2, 0.25) is 5.43 Å². The molecule has 0 aliphatic carbocycles. The molecule has 13 heteroatoms. The van der Waals surface area contributed by atoms with Crippen molar-refractivity contribution in [2.24, 2.45) is 0 Å². The van der Waals surface area contributed by atoms with Crippen LogP contribution in [-0.4, -0.2) is 73.7 Å². The van der Waals surface area contributed by atoms with Crippen LogP contribution in [0.4, 0.5) is 0 Å². The molecule has 3 aromatic rings. The molecule has 2 atom stereocenters. The standard InChI is InChI=1S/C28H26N4O8S/c1-3-31-11-19(23(34)18-10-9-15(2)29-24(18)31)28(38)40-12-16-14-41-26-21(25(35)32(26)22(16)27(36)37)30-20(33)13-39-17-7-5-4-6-8-17/h4-11,21,26H,3,12-14H2,1-2H3,(H,30,33)(H,36,37)/t21-,26-/m1/s1. The summed E-state index contributed by atoms with van der Waals surface area (Å²) in [5.74, 6) is -2.77. The minimum Gasteiger partial charge on any atom is -0.484 e. The Labute approximate surface area is 237 Å². The fraction of sp³-hybridized carbons (Fsp3) is 0.286. The van der Waals surface area contributed by atoms with Gasteiger partial charge < -0.3 is 24.5 Å². The number of aromatic nitrogens is 2. The highest BCUT2D eigenvalue weighted by Gasteiger charge is 2.54. The SMILES string of the molecule is CCn1cc(C(=O)OCC2=C(C(=O)O)N3C(=O)[C@@H](NC(=O)COc4ccccc4)[C@H]3SC2)c(=O)c2ccc(C)nc21. The van der Waals surface area contributed by atoms with Crippen molar-refractivity contribution < 1.29 is 33.8 Å². The first-order valence-electron chi connectivity index (χ1n) is 12.7. The first-order chi connectivity index (χ1) is 19.7. The molecular weight excluding hydrogens is 552 g/mol. The van der Waals surface area contributed by atoms with Crippen molar-refractivity contribution in [2.45, 2.75) is 31.8 Å².